The Hall–Kier alpha value is -2.61. The quantitative estimate of drug-likeness (QED) is 0.883. The van der Waals surface area contributed by atoms with Crippen molar-refractivity contribution in [2.24, 2.45) is 0 Å². The summed E-state index contributed by atoms with van der Waals surface area (Å²) in [4.78, 5) is 25.7. The van der Waals surface area contributed by atoms with Gasteiger partial charge < -0.3 is 19.3 Å². The summed E-state index contributed by atoms with van der Waals surface area (Å²) in [6.45, 7) is 3.48. The summed E-state index contributed by atoms with van der Waals surface area (Å²) in [6.07, 6.45) is -0.891. The van der Waals surface area contributed by atoms with Crippen LogP contribution in [0.2, 0.25) is 5.02 Å². The summed E-state index contributed by atoms with van der Waals surface area (Å²) >= 11 is 6.04. The summed E-state index contributed by atoms with van der Waals surface area (Å²) in [5.41, 5.74) is 0. The summed E-state index contributed by atoms with van der Waals surface area (Å²) in [5, 5.41) is 17.8. The van der Waals surface area contributed by atoms with Crippen molar-refractivity contribution < 1.29 is 19.4 Å². The van der Waals surface area contributed by atoms with Gasteiger partial charge in [-0.25, -0.2) is 4.79 Å². The molecule has 1 aliphatic rings. The number of carboxylic acids is 1. The molecule has 2 atom stereocenters. The average Bonchev–Trinajstić information content (AvgIpc) is 2.95. The van der Waals surface area contributed by atoms with E-state index in [1.54, 1.807) is 42.7 Å². The van der Waals surface area contributed by atoms with Crippen molar-refractivity contribution in [1.29, 1.82) is 0 Å². The Kier molecular flexibility index (Phi) is 4.63. The van der Waals surface area contributed by atoms with Crippen molar-refractivity contribution in [1.82, 2.24) is 19.7 Å². The van der Waals surface area contributed by atoms with Gasteiger partial charge >= 0.3 is 5.97 Å². The molecule has 0 aliphatic carbocycles. The van der Waals surface area contributed by atoms with Crippen LogP contribution in [-0.2, 0) is 22.7 Å². The third kappa shape index (κ3) is 3.30. The number of hydrogen-bond donors (Lipinski definition) is 1. The van der Waals surface area contributed by atoms with Gasteiger partial charge in [-0.15, -0.1) is 10.2 Å². The molecular formula is C16H17ClN4O4. The predicted octanol–water partition coefficient (Wildman–Crippen LogP) is 1.50. The normalized spacial score (nSPS) is 17.7. The van der Waals surface area contributed by atoms with E-state index >= 15 is 0 Å². The number of halogens is 1. The molecule has 9 heteroatoms. The van der Waals surface area contributed by atoms with E-state index in [4.69, 9.17) is 16.3 Å². The van der Waals surface area contributed by atoms with Crippen molar-refractivity contribution in [3.63, 3.8) is 0 Å². The maximum Gasteiger partial charge on any atom is 0.328 e. The SMILES string of the molecule is Cc1nnc2n1CC(C(=O)O)N(C(=O)C(C)Oc1ccccc1Cl)C2. The molecule has 0 fully saturated rings. The molecule has 1 aliphatic heterocycles. The zero-order valence-corrected chi connectivity index (χ0v) is 14.5. The second kappa shape index (κ2) is 6.72. The van der Waals surface area contributed by atoms with Crippen molar-refractivity contribution in [3.05, 3.63) is 40.9 Å². The van der Waals surface area contributed by atoms with Gasteiger partial charge in [0.1, 0.15) is 17.6 Å². The fourth-order valence-corrected chi connectivity index (χ4v) is 2.95. The lowest BCUT2D eigenvalue weighted by Gasteiger charge is -2.35. The van der Waals surface area contributed by atoms with Crippen molar-refractivity contribution in [2.75, 3.05) is 0 Å². The molecule has 0 saturated carbocycles. The van der Waals surface area contributed by atoms with Gasteiger partial charge in [0.05, 0.1) is 18.1 Å². The lowest BCUT2D eigenvalue weighted by molar-refractivity contribution is -0.155. The molecule has 132 valence electrons. The third-order valence-corrected chi connectivity index (χ3v) is 4.42. The minimum Gasteiger partial charge on any atom is -0.480 e. The van der Waals surface area contributed by atoms with E-state index in [2.05, 4.69) is 10.2 Å². The van der Waals surface area contributed by atoms with E-state index < -0.39 is 24.0 Å². The highest BCUT2D eigenvalue weighted by atomic mass is 35.5. The summed E-state index contributed by atoms with van der Waals surface area (Å²) < 4.78 is 7.33. The lowest BCUT2D eigenvalue weighted by Crippen LogP contribution is -2.54. The minimum absolute atomic E-state index is 0.0624. The molecule has 2 unspecified atom stereocenters. The Balaban J connectivity index is 1.82. The molecular weight excluding hydrogens is 348 g/mol. The van der Waals surface area contributed by atoms with Crippen LogP contribution in [0, 0.1) is 6.92 Å². The fraction of sp³-hybridized carbons (Fsp3) is 0.375. The number of rotatable bonds is 4. The number of aliphatic carboxylic acids is 1. The molecule has 0 bridgehead atoms. The minimum atomic E-state index is -1.09. The Morgan fingerprint density at radius 1 is 1.36 bits per heavy atom. The van der Waals surface area contributed by atoms with Crippen LogP contribution in [0.25, 0.3) is 0 Å². The van der Waals surface area contributed by atoms with Crippen LogP contribution in [0.5, 0.6) is 5.75 Å². The molecule has 25 heavy (non-hydrogen) atoms. The first kappa shape index (κ1) is 17.2. The maximum atomic E-state index is 12.8. The van der Waals surface area contributed by atoms with Crippen molar-refractivity contribution in [3.8, 4) is 5.75 Å². The second-order valence-corrected chi connectivity index (χ2v) is 6.19. The van der Waals surface area contributed by atoms with E-state index in [1.165, 1.54) is 4.90 Å². The van der Waals surface area contributed by atoms with Gasteiger partial charge in [0.2, 0.25) is 0 Å². The zero-order valence-electron chi connectivity index (χ0n) is 13.7. The number of ether oxygens (including phenoxy) is 1. The number of carboxylic acid groups (broad SMARTS) is 1. The number of nitrogens with zero attached hydrogens (tertiary/aromatic N) is 4. The molecule has 2 heterocycles. The smallest absolute Gasteiger partial charge is 0.328 e. The van der Waals surface area contributed by atoms with Crippen LogP contribution < -0.4 is 4.74 Å². The number of aromatic nitrogens is 3. The largest absolute Gasteiger partial charge is 0.480 e. The van der Waals surface area contributed by atoms with Crippen molar-refractivity contribution in [2.45, 2.75) is 39.1 Å². The zero-order chi connectivity index (χ0) is 18.1. The summed E-state index contributed by atoms with van der Waals surface area (Å²) in [6, 6.07) is 5.79. The van der Waals surface area contributed by atoms with E-state index in [0.717, 1.165) is 0 Å². The highest BCUT2D eigenvalue weighted by molar-refractivity contribution is 6.32. The Labute approximate surface area is 149 Å². The van der Waals surface area contributed by atoms with Gasteiger partial charge in [-0.3, -0.25) is 4.79 Å². The number of aryl methyl sites for hydroxylation is 1. The standard InChI is InChI=1S/C16H17ClN4O4/c1-9(25-13-6-4-3-5-11(13)17)15(22)21-8-14-19-18-10(2)20(14)7-12(21)16(23)24/h3-6,9,12H,7-8H2,1-2H3,(H,23,24). The molecule has 0 spiro atoms. The van der Waals surface area contributed by atoms with Gasteiger partial charge in [0.25, 0.3) is 5.91 Å². The number of carbonyl (C=O) groups excluding carboxylic acids is 1. The number of amides is 1. The Bertz CT molecular complexity index is 822. The van der Waals surface area contributed by atoms with Gasteiger partial charge in [-0.1, -0.05) is 23.7 Å². The monoisotopic (exact) mass is 364 g/mol. The van der Waals surface area contributed by atoms with Crippen molar-refractivity contribution >= 4 is 23.5 Å². The summed E-state index contributed by atoms with van der Waals surface area (Å²) in [5.74, 6) is 0.00573. The first-order valence-electron chi connectivity index (χ1n) is 7.71. The van der Waals surface area contributed by atoms with E-state index in [-0.39, 0.29) is 13.1 Å². The van der Waals surface area contributed by atoms with E-state index in [1.807, 2.05) is 0 Å². The fourth-order valence-electron chi connectivity index (χ4n) is 2.77. The Morgan fingerprint density at radius 2 is 2.08 bits per heavy atom. The topological polar surface area (TPSA) is 97.5 Å². The lowest BCUT2D eigenvalue weighted by atomic mass is 10.1. The second-order valence-electron chi connectivity index (χ2n) is 5.78. The van der Waals surface area contributed by atoms with Crippen LogP contribution in [0.3, 0.4) is 0 Å². The number of fused-ring (bicyclic) bond motifs is 1. The van der Waals surface area contributed by atoms with Gasteiger partial charge in [-0.05, 0) is 26.0 Å². The van der Waals surface area contributed by atoms with E-state index in [0.29, 0.717) is 22.4 Å². The summed E-state index contributed by atoms with van der Waals surface area (Å²) in [7, 11) is 0. The molecule has 1 N–H and O–H groups in total. The highest BCUT2D eigenvalue weighted by Gasteiger charge is 2.38. The molecule has 8 nitrogen and oxygen atoms in total. The number of para-hydroxylation sites is 1. The predicted molar refractivity (Wildman–Crippen MR) is 88.3 cm³/mol. The molecule has 2 aromatic rings. The Morgan fingerprint density at radius 3 is 2.76 bits per heavy atom. The van der Waals surface area contributed by atoms with Gasteiger partial charge in [0, 0.05) is 0 Å². The molecule has 0 radical (unpaired) electrons. The number of hydrogen-bond acceptors (Lipinski definition) is 5. The molecule has 1 aromatic heterocycles. The van der Waals surface area contributed by atoms with Crippen LogP contribution in [0.15, 0.2) is 24.3 Å². The van der Waals surface area contributed by atoms with Crippen LogP contribution in [0.4, 0.5) is 0 Å². The van der Waals surface area contributed by atoms with Crippen LogP contribution in [0.1, 0.15) is 18.6 Å². The molecule has 1 amide bonds. The molecule has 3 rings (SSSR count). The number of benzene rings is 1. The van der Waals surface area contributed by atoms with E-state index in [9.17, 15) is 14.7 Å². The molecule has 0 saturated heterocycles. The number of carbonyl (C=O) groups is 2. The van der Waals surface area contributed by atoms with Crippen LogP contribution >= 0.6 is 11.6 Å². The first-order valence-corrected chi connectivity index (χ1v) is 8.09. The van der Waals surface area contributed by atoms with Crippen LogP contribution in [-0.4, -0.2) is 48.8 Å². The van der Waals surface area contributed by atoms with Gasteiger partial charge in [-0.2, -0.15) is 0 Å². The molecule has 1 aromatic carbocycles. The maximum absolute atomic E-state index is 12.8. The third-order valence-electron chi connectivity index (χ3n) is 4.11. The van der Waals surface area contributed by atoms with Gasteiger partial charge in [0.15, 0.2) is 11.9 Å². The highest BCUT2D eigenvalue weighted by Crippen LogP contribution is 2.26. The first-order chi connectivity index (χ1) is 11.9. The average molecular weight is 365 g/mol.